The number of hydrogen-bond acceptors (Lipinski definition) is 4. The molecule has 0 spiro atoms. The zero-order valence-corrected chi connectivity index (χ0v) is 10.7. The fourth-order valence-electron chi connectivity index (χ4n) is 1.87. The maximum atomic E-state index is 13.8. The van der Waals surface area contributed by atoms with Crippen molar-refractivity contribution in [2.45, 2.75) is 6.42 Å². The first-order chi connectivity index (χ1) is 8.97. The van der Waals surface area contributed by atoms with Crippen LogP contribution in [0, 0.1) is 5.82 Å². The lowest BCUT2D eigenvalue weighted by Crippen LogP contribution is -2.32. The molecule has 0 aliphatic carbocycles. The number of carbonyl (C=O) groups excluding carboxylic acids is 3. The SMILES string of the molecule is COC(=O)CCN1C(=O)C(=O)c2c(Cl)ccc(F)c21. The Bertz CT molecular complexity index is 587. The largest absolute Gasteiger partial charge is 0.469 e. The van der Waals surface area contributed by atoms with Crippen molar-refractivity contribution < 1.29 is 23.5 Å². The van der Waals surface area contributed by atoms with Crippen molar-refractivity contribution in [2.24, 2.45) is 0 Å². The topological polar surface area (TPSA) is 63.7 Å². The summed E-state index contributed by atoms with van der Waals surface area (Å²) in [6, 6.07) is 2.28. The third-order valence-electron chi connectivity index (χ3n) is 2.78. The van der Waals surface area contributed by atoms with E-state index in [1.54, 1.807) is 0 Å². The van der Waals surface area contributed by atoms with Crippen LogP contribution in [0.15, 0.2) is 12.1 Å². The van der Waals surface area contributed by atoms with E-state index in [9.17, 15) is 18.8 Å². The fourth-order valence-corrected chi connectivity index (χ4v) is 2.11. The number of halogens is 2. The molecule has 7 heteroatoms. The number of Topliss-reactive ketones (excluding diaryl/α,β-unsaturated/α-hetero) is 1. The Kier molecular flexibility index (Phi) is 3.53. The Hall–Kier alpha value is -1.95. The highest BCUT2D eigenvalue weighted by atomic mass is 35.5. The highest BCUT2D eigenvalue weighted by Crippen LogP contribution is 2.36. The minimum atomic E-state index is -0.897. The minimum absolute atomic E-state index is 0.00955. The van der Waals surface area contributed by atoms with Gasteiger partial charge in [-0.15, -0.1) is 0 Å². The minimum Gasteiger partial charge on any atom is -0.469 e. The number of nitrogens with zero attached hydrogens (tertiary/aromatic N) is 1. The summed E-state index contributed by atoms with van der Waals surface area (Å²) in [5.41, 5.74) is -0.331. The van der Waals surface area contributed by atoms with Crippen LogP contribution in [0.1, 0.15) is 16.8 Å². The average molecular weight is 286 g/mol. The van der Waals surface area contributed by atoms with Crippen molar-refractivity contribution in [3.8, 4) is 0 Å². The Morgan fingerprint density at radius 1 is 1.42 bits per heavy atom. The second-order valence-electron chi connectivity index (χ2n) is 3.86. The molecule has 1 aromatic carbocycles. The highest BCUT2D eigenvalue weighted by Gasteiger charge is 2.39. The maximum Gasteiger partial charge on any atom is 0.307 e. The number of carbonyl (C=O) groups is 3. The number of ether oxygens (including phenoxy) is 1. The number of ketones is 1. The molecule has 2 rings (SSSR count). The number of benzene rings is 1. The van der Waals surface area contributed by atoms with Gasteiger partial charge in [0.05, 0.1) is 29.8 Å². The summed E-state index contributed by atoms with van der Waals surface area (Å²) < 4.78 is 18.2. The lowest BCUT2D eigenvalue weighted by atomic mass is 10.1. The Labute approximate surface area is 112 Å². The normalized spacial score (nSPS) is 13.7. The molecule has 100 valence electrons. The summed E-state index contributed by atoms with van der Waals surface area (Å²) in [5.74, 6) is -3.06. The van der Waals surface area contributed by atoms with Gasteiger partial charge in [0, 0.05) is 6.54 Å². The number of hydrogen-bond donors (Lipinski definition) is 0. The number of methoxy groups -OCH3 is 1. The second kappa shape index (κ2) is 4.97. The third-order valence-corrected chi connectivity index (χ3v) is 3.10. The summed E-state index contributed by atoms with van der Waals surface area (Å²) in [7, 11) is 1.20. The van der Waals surface area contributed by atoms with Crippen LogP contribution in [0.5, 0.6) is 0 Å². The van der Waals surface area contributed by atoms with E-state index in [0.717, 1.165) is 11.0 Å². The van der Waals surface area contributed by atoms with E-state index >= 15 is 0 Å². The molecule has 1 amide bonds. The van der Waals surface area contributed by atoms with Crippen molar-refractivity contribution in [3.63, 3.8) is 0 Å². The van der Waals surface area contributed by atoms with Crippen LogP contribution in [-0.4, -0.2) is 31.3 Å². The zero-order chi connectivity index (χ0) is 14.2. The molecule has 0 aromatic heterocycles. The molecule has 0 N–H and O–H groups in total. The van der Waals surface area contributed by atoms with E-state index in [-0.39, 0.29) is 29.2 Å². The van der Waals surface area contributed by atoms with E-state index < -0.39 is 23.5 Å². The molecule has 1 aliphatic heterocycles. The molecule has 0 radical (unpaired) electrons. The number of anilines is 1. The van der Waals surface area contributed by atoms with E-state index in [1.165, 1.54) is 13.2 Å². The maximum absolute atomic E-state index is 13.8. The quantitative estimate of drug-likeness (QED) is 0.625. The molecule has 1 heterocycles. The molecule has 0 unspecified atom stereocenters. The molecule has 1 aromatic rings. The molecular formula is C12H9ClFNO4. The number of amides is 1. The van der Waals surface area contributed by atoms with Gasteiger partial charge in [-0.2, -0.15) is 0 Å². The van der Waals surface area contributed by atoms with Gasteiger partial charge in [0.2, 0.25) is 0 Å². The number of esters is 1. The van der Waals surface area contributed by atoms with Crippen molar-refractivity contribution in [3.05, 3.63) is 28.5 Å². The highest BCUT2D eigenvalue weighted by molar-refractivity contribution is 6.55. The molecule has 0 fully saturated rings. The van der Waals surface area contributed by atoms with Crippen molar-refractivity contribution in [1.82, 2.24) is 0 Å². The fraction of sp³-hybridized carbons (Fsp3) is 0.250. The van der Waals surface area contributed by atoms with Gasteiger partial charge in [-0.1, -0.05) is 11.6 Å². The Balaban J connectivity index is 2.39. The number of rotatable bonds is 3. The molecule has 0 atom stereocenters. The lowest BCUT2D eigenvalue weighted by molar-refractivity contribution is -0.140. The van der Waals surface area contributed by atoms with Crippen LogP contribution in [0.3, 0.4) is 0 Å². The lowest BCUT2D eigenvalue weighted by Gasteiger charge is -2.16. The predicted molar refractivity (Wildman–Crippen MR) is 64.7 cm³/mol. The standard InChI is InChI=1S/C12H9ClFNO4/c1-19-8(16)4-5-15-10-7(14)3-2-6(13)9(10)11(17)12(15)18/h2-3H,4-5H2,1H3. The van der Waals surface area contributed by atoms with Crippen LogP contribution in [0.25, 0.3) is 0 Å². The van der Waals surface area contributed by atoms with E-state index in [1.807, 2.05) is 0 Å². The molecule has 0 saturated heterocycles. The average Bonchev–Trinajstić information content (AvgIpc) is 2.65. The van der Waals surface area contributed by atoms with Gasteiger partial charge in [0.1, 0.15) is 5.82 Å². The van der Waals surface area contributed by atoms with Crippen LogP contribution < -0.4 is 4.90 Å². The van der Waals surface area contributed by atoms with Gasteiger partial charge in [-0.05, 0) is 12.1 Å². The second-order valence-corrected chi connectivity index (χ2v) is 4.27. The van der Waals surface area contributed by atoms with Crippen molar-refractivity contribution >= 4 is 34.9 Å². The Morgan fingerprint density at radius 2 is 2.11 bits per heavy atom. The molecule has 0 bridgehead atoms. The van der Waals surface area contributed by atoms with Crippen LogP contribution >= 0.6 is 11.6 Å². The molecule has 1 aliphatic rings. The first-order valence-electron chi connectivity index (χ1n) is 5.38. The third kappa shape index (κ3) is 2.19. The first kappa shape index (κ1) is 13.5. The van der Waals surface area contributed by atoms with Gasteiger partial charge >= 0.3 is 5.97 Å². The zero-order valence-electron chi connectivity index (χ0n) is 9.91. The monoisotopic (exact) mass is 285 g/mol. The summed E-state index contributed by atoms with van der Waals surface area (Å²) in [4.78, 5) is 35.5. The Morgan fingerprint density at radius 3 is 2.74 bits per heavy atom. The van der Waals surface area contributed by atoms with Crippen molar-refractivity contribution in [2.75, 3.05) is 18.6 Å². The van der Waals surface area contributed by atoms with E-state index in [4.69, 9.17) is 11.6 Å². The van der Waals surface area contributed by atoms with Gasteiger partial charge in [0.15, 0.2) is 0 Å². The van der Waals surface area contributed by atoms with Crippen LogP contribution in [-0.2, 0) is 14.3 Å². The van der Waals surface area contributed by atoms with Gasteiger partial charge in [-0.25, -0.2) is 4.39 Å². The van der Waals surface area contributed by atoms with Crippen LogP contribution in [0.4, 0.5) is 10.1 Å². The molecule has 19 heavy (non-hydrogen) atoms. The molecule has 0 saturated carbocycles. The van der Waals surface area contributed by atoms with E-state index in [2.05, 4.69) is 4.74 Å². The summed E-state index contributed by atoms with van der Waals surface area (Å²) >= 11 is 5.80. The number of fused-ring (bicyclic) bond motifs is 1. The summed E-state index contributed by atoms with van der Waals surface area (Å²) in [5, 5.41) is 0.00955. The van der Waals surface area contributed by atoms with E-state index in [0.29, 0.717) is 0 Å². The van der Waals surface area contributed by atoms with Gasteiger partial charge in [0.25, 0.3) is 11.7 Å². The first-order valence-corrected chi connectivity index (χ1v) is 5.76. The summed E-state index contributed by atoms with van der Waals surface area (Å²) in [6.07, 6.45) is -0.138. The molecular weight excluding hydrogens is 277 g/mol. The molecule has 5 nitrogen and oxygen atoms in total. The summed E-state index contributed by atoms with van der Waals surface area (Å²) in [6.45, 7) is -0.137. The van der Waals surface area contributed by atoms with Crippen molar-refractivity contribution in [1.29, 1.82) is 0 Å². The van der Waals surface area contributed by atoms with Gasteiger partial charge in [-0.3, -0.25) is 14.4 Å². The van der Waals surface area contributed by atoms with Crippen LogP contribution in [0.2, 0.25) is 5.02 Å². The van der Waals surface area contributed by atoms with Gasteiger partial charge < -0.3 is 9.64 Å². The smallest absolute Gasteiger partial charge is 0.307 e. The predicted octanol–water partition coefficient (Wildman–Crippen LogP) is 1.57.